The van der Waals surface area contributed by atoms with E-state index in [1.807, 2.05) is 19.9 Å². The molecule has 2 aromatic rings. The van der Waals surface area contributed by atoms with Crippen LogP contribution in [-0.2, 0) is 11.2 Å². The molecule has 0 aromatic carbocycles. The summed E-state index contributed by atoms with van der Waals surface area (Å²) in [7, 11) is 1.66. The minimum atomic E-state index is -0.925. The number of fused-ring (bicyclic) bond motifs is 1. The first kappa shape index (κ1) is 15.4. The van der Waals surface area contributed by atoms with Crippen molar-refractivity contribution in [3.05, 3.63) is 23.3 Å². The van der Waals surface area contributed by atoms with Crippen molar-refractivity contribution in [2.24, 2.45) is 0 Å². The zero-order valence-electron chi connectivity index (χ0n) is 13.1. The minimum absolute atomic E-state index is 0.0917. The summed E-state index contributed by atoms with van der Waals surface area (Å²) in [6, 6.07) is 1.91. The number of carbonyl (C=O) groups is 1. The van der Waals surface area contributed by atoms with Gasteiger partial charge in [0.25, 0.3) is 5.78 Å². The molecule has 2 heterocycles. The van der Waals surface area contributed by atoms with Gasteiger partial charge >= 0.3 is 0 Å². The SMILES string of the molecule is Cc1cc(C)n2nc(CC(=O)N(C)CC(C)(C)O)nc2n1. The molecule has 1 amide bonds. The van der Waals surface area contributed by atoms with Gasteiger partial charge in [-0.1, -0.05) is 0 Å². The van der Waals surface area contributed by atoms with Gasteiger partial charge in [-0.15, -0.1) is 5.10 Å². The van der Waals surface area contributed by atoms with Crippen LogP contribution in [0.3, 0.4) is 0 Å². The number of aryl methyl sites for hydroxylation is 2. The summed E-state index contributed by atoms with van der Waals surface area (Å²) in [6.07, 6.45) is 0.0917. The summed E-state index contributed by atoms with van der Waals surface area (Å²) in [5.74, 6) is 0.798. The normalized spacial score (nSPS) is 11.9. The number of rotatable bonds is 4. The zero-order valence-corrected chi connectivity index (χ0v) is 13.1. The Hall–Kier alpha value is -2.02. The molecule has 0 aliphatic rings. The molecule has 0 fully saturated rings. The smallest absolute Gasteiger partial charge is 0.252 e. The van der Waals surface area contributed by atoms with Gasteiger partial charge in [0.2, 0.25) is 5.91 Å². The van der Waals surface area contributed by atoms with Crippen LogP contribution in [0.5, 0.6) is 0 Å². The monoisotopic (exact) mass is 291 g/mol. The summed E-state index contributed by atoms with van der Waals surface area (Å²) in [4.78, 5) is 22.2. The molecule has 7 nitrogen and oxygen atoms in total. The first-order valence-electron chi connectivity index (χ1n) is 6.82. The Bertz CT molecular complexity index is 672. The number of aromatic nitrogens is 4. The van der Waals surface area contributed by atoms with Crippen LogP contribution in [0.25, 0.3) is 5.78 Å². The highest BCUT2D eigenvalue weighted by molar-refractivity contribution is 5.77. The van der Waals surface area contributed by atoms with Gasteiger partial charge in [-0.25, -0.2) is 9.50 Å². The Morgan fingerprint density at radius 1 is 1.38 bits per heavy atom. The van der Waals surface area contributed by atoms with Crippen molar-refractivity contribution in [2.45, 2.75) is 39.7 Å². The Labute approximate surface area is 123 Å². The predicted octanol–water partition coefficient (Wildman–Crippen LogP) is 0.513. The van der Waals surface area contributed by atoms with Gasteiger partial charge in [0.15, 0.2) is 5.82 Å². The molecule has 0 radical (unpaired) electrons. The fourth-order valence-electron chi connectivity index (χ4n) is 2.22. The molecule has 21 heavy (non-hydrogen) atoms. The topological polar surface area (TPSA) is 83.6 Å². The minimum Gasteiger partial charge on any atom is -0.389 e. The molecule has 2 aromatic heterocycles. The Morgan fingerprint density at radius 2 is 2.05 bits per heavy atom. The highest BCUT2D eigenvalue weighted by atomic mass is 16.3. The lowest BCUT2D eigenvalue weighted by molar-refractivity contribution is -0.131. The summed E-state index contributed by atoms with van der Waals surface area (Å²) in [6.45, 7) is 7.40. The molecule has 0 aliphatic heterocycles. The Morgan fingerprint density at radius 3 is 2.67 bits per heavy atom. The Balaban J connectivity index is 2.16. The third kappa shape index (κ3) is 3.75. The molecule has 0 atom stereocenters. The average Bonchev–Trinajstić information content (AvgIpc) is 2.69. The number of hydrogen-bond donors (Lipinski definition) is 1. The summed E-state index contributed by atoms with van der Waals surface area (Å²) in [5.41, 5.74) is 0.865. The number of aliphatic hydroxyl groups is 1. The molecular weight excluding hydrogens is 270 g/mol. The summed E-state index contributed by atoms with van der Waals surface area (Å²) >= 11 is 0. The van der Waals surface area contributed by atoms with E-state index in [2.05, 4.69) is 15.1 Å². The van der Waals surface area contributed by atoms with Gasteiger partial charge in [0.1, 0.15) is 0 Å². The van der Waals surface area contributed by atoms with E-state index in [0.717, 1.165) is 11.4 Å². The number of hydrogen-bond acceptors (Lipinski definition) is 5. The van der Waals surface area contributed by atoms with Crippen molar-refractivity contribution in [1.29, 1.82) is 0 Å². The van der Waals surface area contributed by atoms with E-state index in [0.29, 0.717) is 11.6 Å². The lowest BCUT2D eigenvalue weighted by Crippen LogP contribution is -2.40. The van der Waals surface area contributed by atoms with Gasteiger partial charge in [-0.2, -0.15) is 4.98 Å². The van der Waals surface area contributed by atoms with Crippen molar-refractivity contribution < 1.29 is 9.90 Å². The molecular formula is C14H21N5O2. The van der Waals surface area contributed by atoms with E-state index in [4.69, 9.17) is 0 Å². The molecule has 7 heteroatoms. The third-order valence-corrected chi connectivity index (χ3v) is 3.02. The van der Waals surface area contributed by atoms with Crippen LogP contribution >= 0.6 is 0 Å². The summed E-state index contributed by atoms with van der Waals surface area (Å²) < 4.78 is 1.63. The molecule has 114 valence electrons. The van der Waals surface area contributed by atoms with Gasteiger partial charge in [0.05, 0.1) is 12.0 Å². The van der Waals surface area contributed by atoms with Gasteiger partial charge in [-0.3, -0.25) is 4.79 Å². The molecule has 0 aliphatic carbocycles. The van der Waals surface area contributed by atoms with Crippen LogP contribution in [0.15, 0.2) is 6.07 Å². The first-order chi connectivity index (χ1) is 9.65. The van der Waals surface area contributed by atoms with Crippen LogP contribution < -0.4 is 0 Å². The summed E-state index contributed by atoms with van der Waals surface area (Å²) in [5, 5.41) is 14.1. The van der Waals surface area contributed by atoms with Gasteiger partial charge < -0.3 is 10.0 Å². The fraction of sp³-hybridized carbons (Fsp3) is 0.571. The van der Waals surface area contributed by atoms with E-state index < -0.39 is 5.60 Å². The maximum absolute atomic E-state index is 12.1. The van der Waals surface area contributed by atoms with Gasteiger partial charge in [-0.05, 0) is 33.8 Å². The van der Waals surface area contributed by atoms with Crippen LogP contribution in [0.2, 0.25) is 0 Å². The third-order valence-electron chi connectivity index (χ3n) is 3.02. The van der Waals surface area contributed by atoms with E-state index in [9.17, 15) is 9.90 Å². The highest BCUT2D eigenvalue weighted by Gasteiger charge is 2.21. The van der Waals surface area contributed by atoms with Crippen LogP contribution in [0.4, 0.5) is 0 Å². The molecule has 0 unspecified atom stereocenters. The van der Waals surface area contributed by atoms with E-state index >= 15 is 0 Å². The molecule has 1 N–H and O–H groups in total. The number of nitrogens with zero attached hydrogens (tertiary/aromatic N) is 5. The lowest BCUT2D eigenvalue weighted by Gasteiger charge is -2.25. The number of amides is 1. The molecule has 0 saturated heterocycles. The maximum Gasteiger partial charge on any atom is 0.252 e. The maximum atomic E-state index is 12.1. The van der Waals surface area contributed by atoms with Crippen LogP contribution in [-0.4, -0.2) is 54.7 Å². The van der Waals surface area contributed by atoms with Crippen LogP contribution in [0, 0.1) is 13.8 Å². The molecule has 0 spiro atoms. The van der Waals surface area contributed by atoms with E-state index in [1.54, 1.807) is 25.4 Å². The Kier molecular flexibility index (Phi) is 3.95. The van der Waals surface area contributed by atoms with Crippen LogP contribution in [0.1, 0.15) is 31.1 Å². The van der Waals surface area contributed by atoms with Crippen molar-refractivity contribution in [3.8, 4) is 0 Å². The highest BCUT2D eigenvalue weighted by Crippen LogP contribution is 2.08. The quantitative estimate of drug-likeness (QED) is 0.887. The van der Waals surface area contributed by atoms with Gasteiger partial charge in [0, 0.05) is 25.0 Å². The fourth-order valence-corrected chi connectivity index (χ4v) is 2.22. The van der Waals surface area contributed by atoms with Crippen molar-refractivity contribution >= 4 is 11.7 Å². The number of likely N-dealkylation sites (N-methyl/N-ethyl adjacent to an activating group) is 1. The second-order valence-corrected chi connectivity index (χ2v) is 6.02. The van der Waals surface area contributed by atoms with Crippen molar-refractivity contribution in [3.63, 3.8) is 0 Å². The van der Waals surface area contributed by atoms with Crippen molar-refractivity contribution in [1.82, 2.24) is 24.5 Å². The predicted molar refractivity (Wildman–Crippen MR) is 77.9 cm³/mol. The second kappa shape index (κ2) is 5.40. The molecule has 0 saturated carbocycles. The molecule has 2 rings (SSSR count). The number of carbonyl (C=O) groups excluding carboxylic acids is 1. The molecule has 0 bridgehead atoms. The largest absolute Gasteiger partial charge is 0.389 e. The zero-order chi connectivity index (χ0) is 15.8. The average molecular weight is 291 g/mol. The van der Waals surface area contributed by atoms with Crippen molar-refractivity contribution in [2.75, 3.05) is 13.6 Å². The second-order valence-electron chi connectivity index (χ2n) is 6.02. The van der Waals surface area contributed by atoms with E-state index in [-0.39, 0.29) is 18.9 Å². The lowest BCUT2D eigenvalue weighted by atomic mass is 10.1. The van der Waals surface area contributed by atoms with E-state index in [1.165, 1.54) is 4.90 Å². The standard InChI is InChI=1S/C14H21N5O2/c1-9-6-10(2)19-13(15-9)16-11(17-19)7-12(20)18(5)8-14(3,4)21/h6,21H,7-8H2,1-5H3. The first-order valence-corrected chi connectivity index (χ1v) is 6.82.